The Hall–Kier alpha value is -0.0800. The molecule has 2 aliphatic rings. The quantitative estimate of drug-likeness (QED) is 0.764. The highest BCUT2D eigenvalue weighted by atomic mass is 16.3. The Balaban J connectivity index is 2.20. The van der Waals surface area contributed by atoms with Crippen molar-refractivity contribution in [2.75, 3.05) is 7.05 Å². The van der Waals surface area contributed by atoms with Crippen LogP contribution in [0.3, 0.4) is 0 Å². The molecule has 1 heterocycles. The Bertz CT molecular complexity index is 407. The van der Waals surface area contributed by atoms with Crippen LogP contribution < -0.4 is 0 Å². The average Bonchev–Trinajstić information content (AvgIpc) is 2.41. The Morgan fingerprint density at radius 2 is 1.61 bits per heavy atom. The van der Waals surface area contributed by atoms with Crippen molar-refractivity contribution < 1.29 is 5.11 Å². The molecular formula is C21H41NO. The molecule has 23 heavy (non-hydrogen) atoms. The van der Waals surface area contributed by atoms with E-state index in [1.165, 1.54) is 32.1 Å². The number of aliphatic hydroxyl groups is 1. The maximum atomic E-state index is 11.0. The summed E-state index contributed by atoms with van der Waals surface area (Å²) in [6.45, 7) is 16.5. The zero-order chi connectivity index (χ0) is 17.6. The van der Waals surface area contributed by atoms with E-state index in [4.69, 9.17) is 0 Å². The van der Waals surface area contributed by atoms with E-state index in [1.807, 2.05) is 0 Å². The van der Waals surface area contributed by atoms with Crippen LogP contribution in [0.25, 0.3) is 0 Å². The summed E-state index contributed by atoms with van der Waals surface area (Å²) in [5, 5.41) is 11.0. The molecular weight excluding hydrogens is 282 g/mol. The third kappa shape index (κ3) is 3.79. The highest BCUT2D eigenvalue weighted by molar-refractivity contribution is 5.04. The molecule has 4 atom stereocenters. The van der Waals surface area contributed by atoms with Crippen molar-refractivity contribution in [3.63, 3.8) is 0 Å². The first-order chi connectivity index (χ1) is 10.4. The van der Waals surface area contributed by atoms with Gasteiger partial charge in [0.15, 0.2) is 0 Å². The van der Waals surface area contributed by atoms with Gasteiger partial charge in [-0.2, -0.15) is 0 Å². The molecule has 1 aliphatic heterocycles. The molecule has 0 bridgehead atoms. The van der Waals surface area contributed by atoms with Gasteiger partial charge < -0.3 is 5.11 Å². The maximum absolute atomic E-state index is 11.0. The molecule has 2 fully saturated rings. The van der Waals surface area contributed by atoms with Gasteiger partial charge in [0, 0.05) is 17.0 Å². The lowest BCUT2D eigenvalue weighted by Crippen LogP contribution is -2.65. The standard InChI is InChI=1S/C21H41NO/c1-19(2,3)16-12-10-9-11-15(16)13-17-18(23)14-20(4,5)22(8)21(17,6)7/h15-18,23H,9-14H2,1-8H3. The molecule has 0 spiro atoms. The SMILES string of the molecule is CN1C(C)(C)CC(O)C(CC2CCCCC2C(C)(C)C)C1(C)C. The molecule has 2 heteroatoms. The second kappa shape index (κ2) is 6.33. The molecule has 1 N–H and O–H groups in total. The number of aliphatic hydroxyl groups excluding tert-OH is 1. The van der Waals surface area contributed by atoms with Crippen LogP contribution in [0.5, 0.6) is 0 Å². The van der Waals surface area contributed by atoms with Crippen LogP contribution in [-0.2, 0) is 0 Å². The average molecular weight is 324 g/mol. The minimum atomic E-state index is -0.168. The minimum absolute atomic E-state index is 0.0566. The summed E-state index contributed by atoms with van der Waals surface area (Å²) in [5.74, 6) is 1.96. The molecule has 1 saturated carbocycles. The Morgan fingerprint density at radius 3 is 2.17 bits per heavy atom. The van der Waals surface area contributed by atoms with Crippen molar-refractivity contribution in [2.24, 2.45) is 23.2 Å². The van der Waals surface area contributed by atoms with Gasteiger partial charge >= 0.3 is 0 Å². The summed E-state index contributed by atoms with van der Waals surface area (Å²) < 4.78 is 0. The van der Waals surface area contributed by atoms with Crippen LogP contribution in [0.1, 0.15) is 87.0 Å². The number of piperidine rings is 1. The maximum Gasteiger partial charge on any atom is 0.0603 e. The van der Waals surface area contributed by atoms with Gasteiger partial charge in [0.1, 0.15) is 0 Å². The lowest BCUT2D eigenvalue weighted by atomic mass is 9.60. The van der Waals surface area contributed by atoms with Gasteiger partial charge in [-0.25, -0.2) is 0 Å². The van der Waals surface area contributed by atoms with E-state index >= 15 is 0 Å². The van der Waals surface area contributed by atoms with Gasteiger partial charge in [0.25, 0.3) is 0 Å². The third-order valence-corrected chi connectivity index (χ3v) is 7.43. The highest BCUT2D eigenvalue weighted by Crippen LogP contribution is 2.49. The normalized spacial score (nSPS) is 38.5. The van der Waals surface area contributed by atoms with Crippen molar-refractivity contribution in [2.45, 2.75) is 104 Å². The van der Waals surface area contributed by atoms with Gasteiger partial charge in [-0.05, 0) is 71.3 Å². The number of hydrogen-bond donors (Lipinski definition) is 1. The van der Waals surface area contributed by atoms with Gasteiger partial charge in [0.2, 0.25) is 0 Å². The molecule has 0 aromatic heterocycles. The van der Waals surface area contributed by atoms with Crippen LogP contribution in [0.4, 0.5) is 0 Å². The first kappa shape index (κ1) is 19.2. The largest absolute Gasteiger partial charge is 0.393 e. The fourth-order valence-corrected chi connectivity index (χ4v) is 5.69. The van der Waals surface area contributed by atoms with E-state index in [9.17, 15) is 5.11 Å². The molecule has 0 radical (unpaired) electrons. The van der Waals surface area contributed by atoms with Crippen molar-refractivity contribution in [1.82, 2.24) is 4.90 Å². The molecule has 1 aliphatic carbocycles. The van der Waals surface area contributed by atoms with Crippen molar-refractivity contribution in [1.29, 1.82) is 0 Å². The fourth-order valence-electron chi connectivity index (χ4n) is 5.69. The summed E-state index contributed by atoms with van der Waals surface area (Å²) in [4.78, 5) is 2.52. The van der Waals surface area contributed by atoms with Gasteiger partial charge in [-0.3, -0.25) is 4.90 Å². The molecule has 1 saturated heterocycles. The van der Waals surface area contributed by atoms with Crippen LogP contribution >= 0.6 is 0 Å². The topological polar surface area (TPSA) is 23.5 Å². The second-order valence-corrected chi connectivity index (χ2v) is 10.7. The predicted octanol–water partition coefficient (Wildman–Crippen LogP) is 5.10. The van der Waals surface area contributed by atoms with E-state index in [-0.39, 0.29) is 17.2 Å². The number of nitrogens with zero attached hydrogens (tertiary/aromatic N) is 1. The first-order valence-electron chi connectivity index (χ1n) is 9.79. The van der Waals surface area contributed by atoms with E-state index in [0.717, 1.165) is 18.3 Å². The smallest absolute Gasteiger partial charge is 0.0603 e. The van der Waals surface area contributed by atoms with Gasteiger partial charge in [-0.15, -0.1) is 0 Å². The molecule has 0 aromatic rings. The summed E-state index contributed by atoms with van der Waals surface area (Å²) in [5.41, 5.74) is 0.524. The highest BCUT2D eigenvalue weighted by Gasteiger charge is 2.50. The third-order valence-electron chi connectivity index (χ3n) is 7.43. The van der Waals surface area contributed by atoms with E-state index in [2.05, 4.69) is 60.4 Å². The summed E-state index contributed by atoms with van der Waals surface area (Å²) in [6, 6.07) is 0. The van der Waals surface area contributed by atoms with Crippen molar-refractivity contribution in [3.05, 3.63) is 0 Å². The van der Waals surface area contributed by atoms with Crippen LogP contribution in [0.15, 0.2) is 0 Å². The molecule has 0 amide bonds. The van der Waals surface area contributed by atoms with Gasteiger partial charge in [-0.1, -0.05) is 40.0 Å². The zero-order valence-corrected chi connectivity index (χ0v) is 16.9. The lowest BCUT2D eigenvalue weighted by Gasteiger charge is -2.58. The summed E-state index contributed by atoms with van der Waals surface area (Å²) in [6.07, 6.45) is 7.41. The second-order valence-electron chi connectivity index (χ2n) is 10.7. The number of hydrogen-bond acceptors (Lipinski definition) is 2. The van der Waals surface area contributed by atoms with Crippen molar-refractivity contribution >= 4 is 0 Å². The summed E-state index contributed by atoms with van der Waals surface area (Å²) >= 11 is 0. The number of likely N-dealkylation sites (tertiary alicyclic amines) is 1. The van der Waals surface area contributed by atoms with Crippen molar-refractivity contribution in [3.8, 4) is 0 Å². The van der Waals surface area contributed by atoms with Crippen LogP contribution in [-0.4, -0.2) is 34.2 Å². The van der Waals surface area contributed by atoms with Gasteiger partial charge in [0.05, 0.1) is 6.10 Å². The Labute approximate surface area is 145 Å². The molecule has 2 rings (SSSR count). The van der Waals surface area contributed by atoms with Crippen LogP contribution in [0, 0.1) is 23.2 Å². The monoisotopic (exact) mass is 323 g/mol. The minimum Gasteiger partial charge on any atom is -0.393 e. The fraction of sp³-hybridized carbons (Fsp3) is 1.00. The molecule has 2 nitrogen and oxygen atoms in total. The van der Waals surface area contributed by atoms with E-state index in [1.54, 1.807) is 0 Å². The first-order valence-corrected chi connectivity index (χ1v) is 9.79. The zero-order valence-electron chi connectivity index (χ0n) is 16.9. The predicted molar refractivity (Wildman–Crippen MR) is 99.6 cm³/mol. The van der Waals surface area contributed by atoms with Crippen LogP contribution in [0.2, 0.25) is 0 Å². The molecule has 4 unspecified atom stereocenters. The Morgan fingerprint density at radius 1 is 1.04 bits per heavy atom. The van der Waals surface area contributed by atoms with E-state index in [0.29, 0.717) is 11.3 Å². The summed E-state index contributed by atoms with van der Waals surface area (Å²) in [7, 11) is 2.25. The van der Waals surface area contributed by atoms with E-state index < -0.39 is 0 Å². The Kier molecular flexibility index (Phi) is 5.30. The molecule has 0 aromatic carbocycles. The lowest BCUT2D eigenvalue weighted by molar-refractivity contribution is -0.123. The number of rotatable bonds is 2. The molecule has 136 valence electrons.